The molecule has 1 spiro atoms. The van der Waals surface area contributed by atoms with Crippen LogP contribution < -0.4 is 5.32 Å². The number of hydrogen-bond donors (Lipinski definition) is 1. The Labute approximate surface area is 111 Å². The molecular formula is C13H26N2O2S. The molecule has 4 nitrogen and oxygen atoms in total. The second-order valence-corrected chi connectivity index (χ2v) is 7.91. The Hall–Kier alpha value is -0.130. The van der Waals surface area contributed by atoms with Gasteiger partial charge in [-0.1, -0.05) is 13.3 Å². The average Bonchev–Trinajstić information content (AvgIpc) is 2.38. The first-order valence-corrected chi connectivity index (χ1v) is 8.87. The molecule has 0 saturated carbocycles. The molecule has 2 heterocycles. The summed E-state index contributed by atoms with van der Waals surface area (Å²) in [4.78, 5) is 0. The van der Waals surface area contributed by atoms with E-state index in [2.05, 4.69) is 5.32 Å². The number of piperidine rings is 2. The summed E-state index contributed by atoms with van der Waals surface area (Å²) in [5.74, 6) is 0.331. The van der Waals surface area contributed by atoms with Crippen molar-refractivity contribution in [3.05, 3.63) is 0 Å². The smallest absolute Gasteiger partial charge is 0.214 e. The van der Waals surface area contributed by atoms with Crippen molar-refractivity contribution < 1.29 is 8.42 Å². The predicted molar refractivity (Wildman–Crippen MR) is 74.0 cm³/mol. The van der Waals surface area contributed by atoms with Gasteiger partial charge in [0.1, 0.15) is 0 Å². The van der Waals surface area contributed by atoms with Gasteiger partial charge < -0.3 is 5.32 Å². The van der Waals surface area contributed by atoms with Crippen molar-refractivity contribution in [2.75, 3.05) is 31.9 Å². The van der Waals surface area contributed by atoms with Crippen LogP contribution in [0, 0.1) is 5.41 Å². The fourth-order valence-electron chi connectivity index (χ4n) is 3.15. The third-order valence-electron chi connectivity index (χ3n) is 4.60. The Morgan fingerprint density at radius 3 is 2.28 bits per heavy atom. The Morgan fingerprint density at radius 1 is 1.11 bits per heavy atom. The summed E-state index contributed by atoms with van der Waals surface area (Å²) in [6, 6.07) is 0. The van der Waals surface area contributed by atoms with Gasteiger partial charge in [-0.15, -0.1) is 0 Å². The number of hydrogen-bond acceptors (Lipinski definition) is 3. The Bertz CT molecular complexity index is 351. The van der Waals surface area contributed by atoms with Crippen LogP contribution in [0.3, 0.4) is 0 Å². The number of unbranched alkanes of at least 4 members (excludes halogenated alkanes) is 1. The van der Waals surface area contributed by atoms with Gasteiger partial charge >= 0.3 is 0 Å². The van der Waals surface area contributed by atoms with Gasteiger partial charge in [0.25, 0.3) is 0 Å². The predicted octanol–water partition coefficient (Wildman–Crippen LogP) is 1.58. The van der Waals surface area contributed by atoms with Gasteiger partial charge in [-0.25, -0.2) is 12.7 Å². The van der Waals surface area contributed by atoms with Crippen LogP contribution in [0.25, 0.3) is 0 Å². The molecule has 2 aliphatic heterocycles. The van der Waals surface area contributed by atoms with Crippen LogP contribution >= 0.6 is 0 Å². The van der Waals surface area contributed by atoms with E-state index in [-0.39, 0.29) is 0 Å². The minimum absolute atomic E-state index is 0.331. The van der Waals surface area contributed by atoms with Crippen LogP contribution in [0.5, 0.6) is 0 Å². The summed E-state index contributed by atoms with van der Waals surface area (Å²) in [6.45, 7) is 5.72. The van der Waals surface area contributed by atoms with Crippen LogP contribution in [0.4, 0.5) is 0 Å². The summed E-state index contributed by atoms with van der Waals surface area (Å²) in [5.41, 5.74) is 0.433. The molecule has 0 aliphatic carbocycles. The molecule has 0 aromatic carbocycles. The summed E-state index contributed by atoms with van der Waals surface area (Å²) >= 11 is 0. The van der Waals surface area contributed by atoms with E-state index < -0.39 is 10.0 Å². The summed E-state index contributed by atoms with van der Waals surface area (Å²) in [6.07, 6.45) is 6.28. The third kappa shape index (κ3) is 3.25. The van der Waals surface area contributed by atoms with Gasteiger partial charge in [0.15, 0.2) is 0 Å². The molecule has 5 heteroatoms. The highest BCUT2D eigenvalue weighted by molar-refractivity contribution is 7.89. The van der Waals surface area contributed by atoms with Crippen LogP contribution in [0.2, 0.25) is 0 Å². The molecule has 106 valence electrons. The van der Waals surface area contributed by atoms with E-state index >= 15 is 0 Å². The van der Waals surface area contributed by atoms with Gasteiger partial charge in [0.05, 0.1) is 5.75 Å². The highest BCUT2D eigenvalue weighted by Gasteiger charge is 2.38. The van der Waals surface area contributed by atoms with Gasteiger partial charge in [-0.2, -0.15) is 0 Å². The first-order chi connectivity index (χ1) is 8.58. The minimum Gasteiger partial charge on any atom is -0.317 e. The van der Waals surface area contributed by atoms with E-state index in [1.807, 2.05) is 6.92 Å². The normalized spacial score (nSPS) is 25.4. The van der Waals surface area contributed by atoms with Crippen LogP contribution in [-0.2, 0) is 10.0 Å². The van der Waals surface area contributed by atoms with E-state index in [9.17, 15) is 8.42 Å². The monoisotopic (exact) mass is 274 g/mol. The molecule has 0 aromatic rings. The molecule has 0 amide bonds. The zero-order valence-corrected chi connectivity index (χ0v) is 12.3. The SMILES string of the molecule is CCCCS(=O)(=O)N1CCC2(CCNCC2)CC1. The molecule has 0 bridgehead atoms. The molecular weight excluding hydrogens is 248 g/mol. The van der Waals surface area contributed by atoms with E-state index in [1.165, 1.54) is 12.8 Å². The van der Waals surface area contributed by atoms with E-state index in [0.29, 0.717) is 11.2 Å². The topological polar surface area (TPSA) is 49.4 Å². The second-order valence-electron chi connectivity index (χ2n) is 5.82. The number of rotatable bonds is 4. The van der Waals surface area contributed by atoms with Gasteiger partial charge in [-0.05, 0) is 50.6 Å². The van der Waals surface area contributed by atoms with Crippen molar-refractivity contribution in [1.29, 1.82) is 0 Å². The lowest BCUT2D eigenvalue weighted by Crippen LogP contribution is -2.47. The molecule has 0 atom stereocenters. The van der Waals surface area contributed by atoms with Crippen LogP contribution in [0.15, 0.2) is 0 Å². The average molecular weight is 274 g/mol. The van der Waals surface area contributed by atoms with Crippen molar-refractivity contribution in [2.24, 2.45) is 5.41 Å². The van der Waals surface area contributed by atoms with Crippen LogP contribution in [0.1, 0.15) is 45.4 Å². The quantitative estimate of drug-likeness (QED) is 0.847. The Kier molecular flexibility index (Phi) is 4.67. The highest BCUT2D eigenvalue weighted by Crippen LogP contribution is 2.40. The van der Waals surface area contributed by atoms with Crippen molar-refractivity contribution in [1.82, 2.24) is 9.62 Å². The Morgan fingerprint density at radius 2 is 1.72 bits per heavy atom. The largest absolute Gasteiger partial charge is 0.317 e. The third-order valence-corrected chi connectivity index (χ3v) is 6.55. The summed E-state index contributed by atoms with van der Waals surface area (Å²) in [7, 11) is -2.98. The van der Waals surface area contributed by atoms with E-state index in [0.717, 1.165) is 51.9 Å². The van der Waals surface area contributed by atoms with Crippen molar-refractivity contribution in [3.8, 4) is 0 Å². The molecule has 2 rings (SSSR count). The lowest BCUT2D eigenvalue weighted by atomic mass is 9.72. The van der Waals surface area contributed by atoms with Gasteiger partial charge in [0.2, 0.25) is 10.0 Å². The molecule has 18 heavy (non-hydrogen) atoms. The maximum atomic E-state index is 12.1. The lowest BCUT2D eigenvalue weighted by Gasteiger charge is -2.44. The first kappa shape index (κ1) is 14.3. The standard InChI is InChI=1S/C13H26N2O2S/c1-2-3-12-18(16,17)15-10-6-13(7-11-15)4-8-14-9-5-13/h14H,2-12H2,1H3. The summed E-state index contributed by atoms with van der Waals surface area (Å²) in [5, 5.41) is 3.39. The number of nitrogens with zero attached hydrogens (tertiary/aromatic N) is 1. The molecule has 2 saturated heterocycles. The maximum Gasteiger partial charge on any atom is 0.214 e. The van der Waals surface area contributed by atoms with Crippen molar-refractivity contribution in [3.63, 3.8) is 0 Å². The lowest BCUT2D eigenvalue weighted by molar-refractivity contribution is 0.110. The highest BCUT2D eigenvalue weighted by atomic mass is 32.2. The second kappa shape index (κ2) is 5.88. The zero-order chi connectivity index (χ0) is 13.1. The molecule has 1 N–H and O–H groups in total. The van der Waals surface area contributed by atoms with Crippen LogP contribution in [-0.4, -0.2) is 44.7 Å². The number of sulfonamides is 1. The molecule has 0 unspecified atom stereocenters. The van der Waals surface area contributed by atoms with E-state index in [4.69, 9.17) is 0 Å². The minimum atomic E-state index is -2.98. The van der Waals surface area contributed by atoms with Gasteiger partial charge in [0, 0.05) is 13.1 Å². The van der Waals surface area contributed by atoms with Crippen molar-refractivity contribution >= 4 is 10.0 Å². The van der Waals surface area contributed by atoms with Gasteiger partial charge in [-0.3, -0.25) is 0 Å². The molecule has 2 aliphatic rings. The number of nitrogens with one attached hydrogen (secondary N) is 1. The fourth-order valence-corrected chi connectivity index (χ4v) is 4.80. The molecule has 0 radical (unpaired) electrons. The first-order valence-electron chi connectivity index (χ1n) is 7.27. The fraction of sp³-hybridized carbons (Fsp3) is 1.00. The Balaban J connectivity index is 1.89. The van der Waals surface area contributed by atoms with Crippen molar-refractivity contribution in [2.45, 2.75) is 45.4 Å². The zero-order valence-electron chi connectivity index (χ0n) is 11.5. The van der Waals surface area contributed by atoms with E-state index in [1.54, 1.807) is 4.31 Å². The maximum absolute atomic E-state index is 12.1. The molecule has 0 aromatic heterocycles. The summed E-state index contributed by atoms with van der Waals surface area (Å²) < 4.78 is 26.0. The molecule has 2 fully saturated rings.